The highest BCUT2D eigenvalue weighted by Gasteiger charge is 2.22. The van der Waals surface area contributed by atoms with E-state index in [1.807, 2.05) is 13.8 Å². The van der Waals surface area contributed by atoms with Crippen LogP contribution in [0.2, 0.25) is 5.02 Å². The van der Waals surface area contributed by atoms with Gasteiger partial charge >= 0.3 is 5.69 Å². The zero-order chi connectivity index (χ0) is 16.6. The van der Waals surface area contributed by atoms with Crippen molar-refractivity contribution in [3.63, 3.8) is 0 Å². The van der Waals surface area contributed by atoms with Gasteiger partial charge < -0.3 is 0 Å². The molecule has 3 rings (SSSR count). The summed E-state index contributed by atoms with van der Waals surface area (Å²) in [7, 11) is 0. The summed E-state index contributed by atoms with van der Waals surface area (Å²) in [6.45, 7) is 4.03. The number of H-pyrrole nitrogens is 1. The first kappa shape index (κ1) is 15.7. The monoisotopic (exact) mass is 333 g/mol. The molecule has 3 aromatic rings. The standard InChI is InChI=1S/C17H17ClFN3O/c1-3-10(4-2)22-15-14(11-7-5-6-8-13(11)19)12(18)9-20-16(15)21-17(22)23/h5-10H,3-4H2,1-2H3,(H,20,21,23). The van der Waals surface area contributed by atoms with Crippen LogP contribution >= 0.6 is 11.6 Å². The minimum absolute atomic E-state index is 0.00189. The Hall–Kier alpha value is -2.14. The van der Waals surface area contributed by atoms with E-state index in [1.165, 1.54) is 12.3 Å². The molecule has 0 spiro atoms. The molecule has 0 aliphatic rings. The first-order valence-corrected chi connectivity index (χ1v) is 7.99. The molecule has 0 aliphatic carbocycles. The molecule has 0 atom stereocenters. The van der Waals surface area contributed by atoms with Crippen molar-refractivity contribution < 1.29 is 4.39 Å². The maximum atomic E-state index is 14.3. The van der Waals surface area contributed by atoms with Gasteiger partial charge in [0, 0.05) is 23.4 Å². The summed E-state index contributed by atoms with van der Waals surface area (Å²) < 4.78 is 16.0. The largest absolute Gasteiger partial charge is 0.327 e. The SMILES string of the molecule is CCC(CC)n1c(=O)[nH]c2ncc(Cl)c(-c3ccccc3F)c21. The van der Waals surface area contributed by atoms with Crippen molar-refractivity contribution in [1.82, 2.24) is 14.5 Å². The highest BCUT2D eigenvalue weighted by Crippen LogP contribution is 2.36. The number of hydrogen-bond donors (Lipinski definition) is 1. The predicted octanol–water partition coefficient (Wildman–Crippen LogP) is 4.55. The number of hydrogen-bond acceptors (Lipinski definition) is 2. The van der Waals surface area contributed by atoms with Crippen LogP contribution in [-0.2, 0) is 0 Å². The fourth-order valence-electron chi connectivity index (χ4n) is 2.99. The van der Waals surface area contributed by atoms with Crippen molar-refractivity contribution in [3.05, 3.63) is 51.8 Å². The van der Waals surface area contributed by atoms with E-state index in [4.69, 9.17) is 11.6 Å². The molecule has 0 radical (unpaired) electrons. The van der Waals surface area contributed by atoms with Gasteiger partial charge in [-0.25, -0.2) is 14.2 Å². The summed E-state index contributed by atoms with van der Waals surface area (Å²) in [6.07, 6.45) is 3.01. The maximum absolute atomic E-state index is 14.3. The van der Waals surface area contributed by atoms with Crippen LogP contribution in [0.25, 0.3) is 22.3 Å². The molecule has 0 unspecified atom stereocenters. The number of halogens is 2. The highest BCUT2D eigenvalue weighted by atomic mass is 35.5. The molecular formula is C17H17ClFN3O. The third-order valence-electron chi connectivity index (χ3n) is 4.14. The molecule has 2 heterocycles. The Bertz CT molecular complexity index is 912. The molecule has 0 saturated heterocycles. The Morgan fingerprint density at radius 1 is 1.30 bits per heavy atom. The summed E-state index contributed by atoms with van der Waals surface area (Å²) in [4.78, 5) is 19.4. The molecule has 0 fully saturated rings. The number of benzene rings is 1. The Balaban J connectivity index is 2.44. The van der Waals surface area contributed by atoms with Crippen LogP contribution in [0, 0.1) is 5.82 Å². The Morgan fingerprint density at radius 3 is 2.65 bits per heavy atom. The third-order valence-corrected chi connectivity index (χ3v) is 4.43. The predicted molar refractivity (Wildman–Crippen MR) is 90.4 cm³/mol. The van der Waals surface area contributed by atoms with Gasteiger partial charge in [0.1, 0.15) is 5.82 Å². The molecule has 1 N–H and O–H groups in total. The van der Waals surface area contributed by atoms with Crippen LogP contribution in [0.15, 0.2) is 35.3 Å². The van der Waals surface area contributed by atoms with Gasteiger partial charge in [0.15, 0.2) is 5.65 Å². The van der Waals surface area contributed by atoms with Gasteiger partial charge in [-0.05, 0) is 18.9 Å². The van der Waals surface area contributed by atoms with Gasteiger partial charge in [-0.1, -0.05) is 43.6 Å². The molecule has 4 nitrogen and oxygen atoms in total. The lowest BCUT2D eigenvalue weighted by molar-refractivity contribution is 0.471. The number of nitrogens with zero attached hydrogens (tertiary/aromatic N) is 2. The van der Waals surface area contributed by atoms with Crippen molar-refractivity contribution >= 4 is 22.8 Å². The molecule has 0 bridgehead atoms. The Kier molecular flexibility index (Phi) is 4.22. The van der Waals surface area contributed by atoms with E-state index in [2.05, 4.69) is 9.97 Å². The smallest absolute Gasteiger partial charge is 0.290 e. The summed E-state index contributed by atoms with van der Waals surface area (Å²) in [5, 5.41) is 0.321. The van der Waals surface area contributed by atoms with Crippen molar-refractivity contribution in [3.8, 4) is 11.1 Å². The van der Waals surface area contributed by atoms with Gasteiger partial charge in [-0.2, -0.15) is 0 Å². The first-order valence-electron chi connectivity index (χ1n) is 7.62. The van der Waals surface area contributed by atoms with Gasteiger partial charge in [-0.3, -0.25) is 9.55 Å². The lowest BCUT2D eigenvalue weighted by Gasteiger charge is -2.17. The van der Waals surface area contributed by atoms with Crippen molar-refractivity contribution in [2.75, 3.05) is 0 Å². The summed E-state index contributed by atoms with van der Waals surface area (Å²) in [5.74, 6) is -0.383. The highest BCUT2D eigenvalue weighted by molar-refractivity contribution is 6.34. The maximum Gasteiger partial charge on any atom is 0.327 e. The van der Waals surface area contributed by atoms with Gasteiger partial charge in [0.25, 0.3) is 0 Å². The van der Waals surface area contributed by atoms with E-state index in [0.29, 0.717) is 27.3 Å². The topological polar surface area (TPSA) is 50.7 Å². The summed E-state index contributed by atoms with van der Waals surface area (Å²) in [5.41, 5.74) is 1.59. The average molecular weight is 334 g/mol. The number of imidazole rings is 1. The fourth-order valence-corrected chi connectivity index (χ4v) is 3.23. The van der Waals surface area contributed by atoms with Crippen LogP contribution in [0.5, 0.6) is 0 Å². The molecule has 1 aromatic carbocycles. The number of fused-ring (bicyclic) bond motifs is 1. The molecule has 2 aromatic heterocycles. The average Bonchev–Trinajstić information content (AvgIpc) is 2.87. The summed E-state index contributed by atoms with van der Waals surface area (Å²) >= 11 is 6.32. The number of aromatic nitrogens is 3. The third kappa shape index (κ3) is 2.55. The molecule has 120 valence electrons. The Labute approximate surface area is 137 Å². The van der Waals surface area contributed by atoms with Crippen molar-refractivity contribution in [2.45, 2.75) is 32.7 Å². The quantitative estimate of drug-likeness (QED) is 0.761. The van der Waals surface area contributed by atoms with Crippen LogP contribution in [0.3, 0.4) is 0 Å². The van der Waals surface area contributed by atoms with Crippen LogP contribution in [0.1, 0.15) is 32.7 Å². The van der Waals surface area contributed by atoms with Crippen molar-refractivity contribution in [2.24, 2.45) is 0 Å². The zero-order valence-electron chi connectivity index (χ0n) is 12.9. The van der Waals surface area contributed by atoms with Gasteiger partial charge in [0.05, 0.1) is 10.5 Å². The van der Waals surface area contributed by atoms with E-state index in [9.17, 15) is 9.18 Å². The van der Waals surface area contributed by atoms with E-state index >= 15 is 0 Å². The number of rotatable bonds is 4. The second kappa shape index (κ2) is 6.16. The first-order chi connectivity index (χ1) is 11.1. The summed E-state index contributed by atoms with van der Waals surface area (Å²) in [6, 6.07) is 6.40. The van der Waals surface area contributed by atoms with Crippen molar-refractivity contribution in [1.29, 1.82) is 0 Å². The van der Waals surface area contributed by atoms with E-state index in [-0.39, 0.29) is 17.5 Å². The van der Waals surface area contributed by atoms with Crippen LogP contribution in [-0.4, -0.2) is 14.5 Å². The molecular weight excluding hydrogens is 317 g/mol. The molecule has 23 heavy (non-hydrogen) atoms. The van der Waals surface area contributed by atoms with Gasteiger partial charge in [-0.15, -0.1) is 0 Å². The molecule has 0 saturated carbocycles. The number of pyridine rings is 1. The molecule has 6 heteroatoms. The normalized spacial score (nSPS) is 11.5. The molecule has 0 aliphatic heterocycles. The lowest BCUT2D eigenvalue weighted by atomic mass is 10.0. The fraction of sp³-hybridized carbons (Fsp3) is 0.294. The molecule has 0 amide bonds. The van der Waals surface area contributed by atoms with Gasteiger partial charge in [0.2, 0.25) is 0 Å². The van der Waals surface area contributed by atoms with E-state index < -0.39 is 0 Å². The minimum atomic E-state index is -0.383. The Morgan fingerprint density at radius 2 is 2.00 bits per heavy atom. The zero-order valence-corrected chi connectivity index (χ0v) is 13.7. The van der Waals surface area contributed by atoms with E-state index in [1.54, 1.807) is 22.8 Å². The number of nitrogens with one attached hydrogen (secondary N) is 1. The van der Waals surface area contributed by atoms with E-state index in [0.717, 1.165) is 12.8 Å². The number of aromatic amines is 1. The lowest BCUT2D eigenvalue weighted by Crippen LogP contribution is -2.21. The van der Waals surface area contributed by atoms with Crippen LogP contribution < -0.4 is 5.69 Å². The van der Waals surface area contributed by atoms with Crippen LogP contribution in [0.4, 0.5) is 4.39 Å². The second-order valence-corrected chi connectivity index (χ2v) is 5.84. The minimum Gasteiger partial charge on any atom is -0.290 e. The second-order valence-electron chi connectivity index (χ2n) is 5.43.